The second-order valence-electron chi connectivity index (χ2n) is 5.28. The summed E-state index contributed by atoms with van der Waals surface area (Å²) < 4.78 is 0. The molecule has 0 atom stereocenters. The van der Waals surface area contributed by atoms with E-state index in [2.05, 4.69) is 0 Å². The van der Waals surface area contributed by atoms with Crippen LogP contribution in [0.3, 0.4) is 0 Å². The third-order valence-electron chi connectivity index (χ3n) is 4.22. The Hall–Kier alpha value is 0.350. The maximum atomic E-state index is 10.4. The Labute approximate surface area is 93.6 Å². The molecule has 0 spiro atoms. The largest absolute Gasteiger partial charge is 0.273 e. The standard InChI is InChI=1S/C12H24O2P/c13-15(14,11-7-3-1-4-8-11)12-9-5-2-6-10-12/h11-14H,1-10H2/q+1. The molecule has 0 aromatic rings. The predicted octanol–water partition coefficient (Wildman–Crippen LogP) is 3.48. The molecule has 2 saturated carbocycles. The van der Waals surface area contributed by atoms with E-state index in [0.717, 1.165) is 25.7 Å². The molecule has 0 radical (unpaired) electrons. The summed E-state index contributed by atoms with van der Waals surface area (Å²) in [6.45, 7) is 0. The smallest absolute Gasteiger partial charge is 0.220 e. The molecule has 2 N–H and O–H groups in total. The van der Waals surface area contributed by atoms with Crippen LogP contribution in [0.4, 0.5) is 0 Å². The SMILES string of the molecule is O[P+](O)(C1CCCCC1)C1CCCCC1. The average Bonchev–Trinajstić information content (AvgIpc) is 2.31. The topological polar surface area (TPSA) is 40.5 Å². The van der Waals surface area contributed by atoms with Crippen molar-refractivity contribution >= 4 is 7.72 Å². The summed E-state index contributed by atoms with van der Waals surface area (Å²) >= 11 is 0. The summed E-state index contributed by atoms with van der Waals surface area (Å²) in [6, 6.07) is 0. The second kappa shape index (κ2) is 5.12. The first-order chi connectivity index (χ1) is 7.21. The molecule has 0 aromatic carbocycles. The van der Waals surface area contributed by atoms with Crippen molar-refractivity contribution in [2.75, 3.05) is 0 Å². The van der Waals surface area contributed by atoms with Gasteiger partial charge in [0.1, 0.15) is 11.3 Å². The van der Waals surface area contributed by atoms with Gasteiger partial charge in [0.25, 0.3) is 7.72 Å². The fourth-order valence-corrected chi connectivity index (χ4v) is 6.07. The van der Waals surface area contributed by atoms with E-state index in [1.54, 1.807) is 0 Å². The summed E-state index contributed by atoms with van der Waals surface area (Å²) in [5, 5.41) is 0. The Morgan fingerprint density at radius 1 is 0.600 bits per heavy atom. The Kier molecular flexibility index (Phi) is 4.04. The summed E-state index contributed by atoms with van der Waals surface area (Å²) in [5.41, 5.74) is 0.517. The Morgan fingerprint density at radius 3 is 1.27 bits per heavy atom. The zero-order valence-corrected chi connectivity index (χ0v) is 10.5. The van der Waals surface area contributed by atoms with Crippen molar-refractivity contribution < 1.29 is 9.79 Å². The van der Waals surface area contributed by atoms with Crippen LogP contribution in [0.25, 0.3) is 0 Å². The van der Waals surface area contributed by atoms with E-state index in [-0.39, 0.29) is 11.3 Å². The van der Waals surface area contributed by atoms with Crippen LogP contribution in [0.15, 0.2) is 0 Å². The fourth-order valence-electron chi connectivity index (χ4n) is 3.22. The number of rotatable bonds is 2. The van der Waals surface area contributed by atoms with Gasteiger partial charge in [-0.15, -0.1) is 0 Å². The molecular weight excluding hydrogens is 207 g/mol. The quantitative estimate of drug-likeness (QED) is 0.714. The first-order valence-corrected chi connectivity index (χ1v) is 8.38. The lowest BCUT2D eigenvalue weighted by Gasteiger charge is -2.33. The Balaban J connectivity index is 1.96. The first-order valence-electron chi connectivity index (χ1n) is 6.55. The van der Waals surface area contributed by atoms with Gasteiger partial charge in [-0.2, -0.15) is 0 Å². The van der Waals surface area contributed by atoms with E-state index in [4.69, 9.17) is 0 Å². The predicted molar refractivity (Wildman–Crippen MR) is 65.1 cm³/mol. The van der Waals surface area contributed by atoms with Crippen molar-refractivity contribution in [2.24, 2.45) is 0 Å². The van der Waals surface area contributed by atoms with Gasteiger partial charge in [0.05, 0.1) is 0 Å². The molecule has 0 heterocycles. The van der Waals surface area contributed by atoms with Crippen molar-refractivity contribution in [1.29, 1.82) is 0 Å². The highest BCUT2D eigenvalue weighted by atomic mass is 31.2. The number of hydrogen-bond acceptors (Lipinski definition) is 2. The second-order valence-corrected chi connectivity index (χ2v) is 8.15. The molecule has 88 valence electrons. The third-order valence-corrected chi connectivity index (χ3v) is 7.41. The minimum Gasteiger partial charge on any atom is -0.220 e. The highest BCUT2D eigenvalue weighted by Crippen LogP contribution is 2.65. The first kappa shape index (κ1) is 11.8. The summed E-state index contributed by atoms with van der Waals surface area (Å²) in [6.07, 6.45) is 11.7. The van der Waals surface area contributed by atoms with Gasteiger partial charge in [0.2, 0.25) is 0 Å². The van der Waals surface area contributed by atoms with E-state index in [0.29, 0.717) is 0 Å². The zero-order chi connectivity index (χ0) is 10.7. The molecule has 2 aliphatic carbocycles. The lowest BCUT2D eigenvalue weighted by molar-refractivity contribution is 0.356. The van der Waals surface area contributed by atoms with Gasteiger partial charge in [-0.3, -0.25) is 0 Å². The molecule has 0 aliphatic heterocycles. The molecule has 0 bridgehead atoms. The van der Waals surface area contributed by atoms with Crippen LogP contribution in [0.1, 0.15) is 64.2 Å². The van der Waals surface area contributed by atoms with E-state index >= 15 is 0 Å². The third kappa shape index (κ3) is 2.72. The lowest BCUT2D eigenvalue weighted by Crippen LogP contribution is -2.27. The van der Waals surface area contributed by atoms with Crippen molar-refractivity contribution in [3.63, 3.8) is 0 Å². The van der Waals surface area contributed by atoms with Gasteiger partial charge in [-0.25, -0.2) is 9.79 Å². The summed E-state index contributed by atoms with van der Waals surface area (Å²) in [5.74, 6) is 0. The van der Waals surface area contributed by atoms with E-state index in [1.165, 1.54) is 38.5 Å². The molecule has 0 saturated heterocycles. The average molecular weight is 231 g/mol. The van der Waals surface area contributed by atoms with Crippen LogP contribution in [-0.4, -0.2) is 21.1 Å². The van der Waals surface area contributed by atoms with Gasteiger partial charge in [-0.1, -0.05) is 12.8 Å². The summed E-state index contributed by atoms with van der Waals surface area (Å²) in [7, 11) is -2.59. The maximum Gasteiger partial charge on any atom is 0.273 e. The van der Waals surface area contributed by atoms with Crippen LogP contribution in [0.2, 0.25) is 0 Å². The van der Waals surface area contributed by atoms with Crippen LogP contribution < -0.4 is 0 Å². The normalized spacial score (nSPS) is 26.8. The van der Waals surface area contributed by atoms with Gasteiger partial charge in [0.15, 0.2) is 0 Å². The monoisotopic (exact) mass is 231 g/mol. The molecule has 0 amide bonds. The Morgan fingerprint density at radius 2 is 0.933 bits per heavy atom. The summed E-state index contributed by atoms with van der Waals surface area (Å²) in [4.78, 5) is 20.9. The molecule has 2 aliphatic rings. The zero-order valence-electron chi connectivity index (χ0n) is 9.57. The molecule has 2 rings (SSSR count). The molecule has 0 unspecified atom stereocenters. The minimum absolute atomic E-state index is 0.259. The number of hydrogen-bond donors (Lipinski definition) is 2. The molecule has 0 aromatic heterocycles. The van der Waals surface area contributed by atoms with Gasteiger partial charge in [0, 0.05) is 0 Å². The Bertz CT molecular complexity index is 174. The molecule has 15 heavy (non-hydrogen) atoms. The molecule has 2 fully saturated rings. The van der Waals surface area contributed by atoms with Crippen molar-refractivity contribution in [3.05, 3.63) is 0 Å². The maximum absolute atomic E-state index is 10.4. The molecule has 3 heteroatoms. The molecule has 2 nitrogen and oxygen atoms in total. The van der Waals surface area contributed by atoms with Crippen LogP contribution >= 0.6 is 7.72 Å². The fraction of sp³-hybridized carbons (Fsp3) is 1.00. The van der Waals surface area contributed by atoms with Gasteiger partial charge >= 0.3 is 0 Å². The van der Waals surface area contributed by atoms with Gasteiger partial charge in [-0.05, 0) is 51.4 Å². The lowest BCUT2D eigenvalue weighted by atomic mass is 10.00. The van der Waals surface area contributed by atoms with Crippen LogP contribution in [-0.2, 0) is 0 Å². The van der Waals surface area contributed by atoms with Crippen LogP contribution in [0.5, 0.6) is 0 Å². The van der Waals surface area contributed by atoms with E-state index < -0.39 is 7.72 Å². The molecular formula is C12H24O2P+. The van der Waals surface area contributed by atoms with Gasteiger partial charge < -0.3 is 0 Å². The highest BCUT2D eigenvalue weighted by molar-refractivity contribution is 7.66. The van der Waals surface area contributed by atoms with E-state index in [9.17, 15) is 9.79 Å². The van der Waals surface area contributed by atoms with Crippen molar-refractivity contribution in [1.82, 2.24) is 0 Å². The highest BCUT2D eigenvalue weighted by Gasteiger charge is 2.50. The minimum atomic E-state index is -2.59. The van der Waals surface area contributed by atoms with Crippen molar-refractivity contribution in [3.8, 4) is 0 Å². The van der Waals surface area contributed by atoms with Crippen LogP contribution in [0, 0.1) is 0 Å². The van der Waals surface area contributed by atoms with Crippen molar-refractivity contribution in [2.45, 2.75) is 75.5 Å². The van der Waals surface area contributed by atoms with E-state index in [1.807, 2.05) is 0 Å².